The van der Waals surface area contributed by atoms with Crippen LogP contribution in [0.25, 0.3) is 0 Å². The molecule has 28 heavy (non-hydrogen) atoms. The molecule has 0 amide bonds. The second-order valence-corrected chi connectivity index (χ2v) is 9.72. The topological polar surface area (TPSA) is 61.8 Å². The van der Waals surface area contributed by atoms with Gasteiger partial charge in [0.25, 0.3) is 10.1 Å². The van der Waals surface area contributed by atoms with Crippen LogP contribution in [-0.4, -0.2) is 39.9 Å². The fourth-order valence-corrected chi connectivity index (χ4v) is 5.00. The molecule has 0 spiro atoms. The van der Waals surface area contributed by atoms with Crippen LogP contribution in [0, 0.1) is 6.92 Å². The zero-order chi connectivity index (χ0) is 19.8. The molecular formula is C22H34O5S. The van der Waals surface area contributed by atoms with Crippen LogP contribution < -0.4 is 0 Å². The molecule has 1 aromatic carbocycles. The van der Waals surface area contributed by atoms with E-state index in [9.17, 15) is 8.42 Å². The van der Waals surface area contributed by atoms with Crippen LogP contribution >= 0.6 is 0 Å². The molecule has 3 rings (SSSR count). The maximum Gasteiger partial charge on any atom is 0.296 e. The SMILES string of the molecule is Cc1ccc(S(=O)(=O)OCCCOC2CCC(OC3CCCCC3)CC2)cc1. The zero-order valence-corrected chi connectivity index (χ0v) is 17.8. The highest BCUT2D eigenvalue weighted by atomic mass is 32.2. The molecule has 0 unspecified atom stereocenters. The quantitative estimate of drug-likeness (QED) is 0.433. The first-order chi connectivity index (χ1) is 13.5. The van der Waals surface area contributed by atoms with Gasteiger partial charge in [-0.3, -0.25) is 4.18 Å². The molecule has 6 heteroatoms. The highest BCUT2D eigenvalue weighted by molar-refractivity contribution is 7.86. The molecule has 0 N–H and O–H groups in total. The summed E-state index contributed by atoms with van der Waals surface area (Å²) in [6, 6.07) is 6.70. The van der Waals surface area contributed by atoms with Crippen molar-refractivity contribution in [1.29, 1.82) is 0 Å². The Morgan fingerprint density at radius 2 is 1.43 bits per heavy atom. The van der Waals surface area contributed by atoms with Gasteiger partial charge in [-0.15, -0.1) is 0 Å². The van der Waals surface area contributed by atoms with E-state index in [-0.39, 0.29) is 17.6 Å². The lowest BCUT2D eigenvalue weighted by Crippen LogP contribution is -2.31. The van der Waals surface area contributed by atoms with Gasteiger partial charge in [-0.25, -0.2) is 0 Å². The van der Waals surface area contributed by atoms with Gasteiger partial charge in [-0.2, -0.15) is 8.42 Å². The van der Waals surface area contributed by atoms with E-state index in [1.807, 2.05) is 6.92 Å². The van der Waals surface area contributed by atoms with E-state index in [0.717, 1.165) is 31.2 Å². The number of hydrogen-bond donors (Lipinski definition) is 0. The van der Waals surface area contributed by atoms with Crippen molar-refractivity contribution in [2.24, 2.45) is 0 Å². The smallest absolute Gasteiger partial charge is 0.296 e. The molecule has 2 aliphatic carbocycles. The third kappa shape index (κ3) is 6.83. The van der Waals surface area contributed by atoms with Crippen LogP contribution in [0.2, 0.25) is 0 Å². The summed E-state index contributed by atoms with van der Waals surface area (Å²) in [5.74, 6) is 0. The van der Waals surface area contributed by atoms with Crippen molar-refractivity contribution in [3.63, 3.8) is 0 Å². The second-order valence-electron chi connectivity index (χ2n) is 8.11. The van der Waals surface area contributed by atoms with Gasteiger partial charge in [-0.1, -0.05) is 37.0 Å². The monoisotopic (exact) mass is 410 g/mol. The Hall–Kier alpha value is -0.950. The number of benzene rings is 1. The van der Waals surface area contributed by atoms with Gasteiger partial charge in [-0.05, 0) is 64.0 Å². The number of ether oxygens (including phenoxy) is 2. The fraction of sp³-hybridized carbons (Fsp3) is 0.727. The zero-order valence-electron chi connectivity index (χ0n) is 17.0. The molecule has 158 valence electrons. The number of hydrogen-bond acceptors (Lipinski definition) is 5. The lowest BCUT2D eigenvalue weighted by atomic mass is 9.93. The summed E-state index contributed by atoms with van der Waals surface area (Å²) >= 11 is 0. The summed E-state index contributed by atoms with van der Waals surface area (Å²) < 4.78 is 41.6. The predicted octanol–water partition coefficient (Wildman–Crippen LogP) is 4.77. The Morgan fingerprint density at radius 1 is 0.821 bits per heavy atom. The first-order valence-electron chi connectivity index (χ1n) is 10.8. The minimum absolute atomic E-state index is 0.149. The Kier molecular flexibility index (Phi) is 8.33. The van der Waals surface area contributed by atoms with E-state index in [1.54, 1.807) is 24.3 Å². The van der Waals surface area contributed by atoms with E-state index < -0.39 is 10.1 Å². The normalized spacial score (nSPS) is 24.3. The Morgan fingerprint density at radius 3 is 2.11 bits per heavy atom. The highest BCUT2D eigenvalue weighted by Gasteiger charge is 2.25. The lowest BCUT2D eigenvalue weighted by Gasteiger charge is -2.32. The Labute approximate surface area is 169 Å². The van der Waals surface area contributed by atoms with Crippen LogP contribution in [0.4, 0.5) is 0 Å². The van der Waals surface area contributed by atoms with Crippen molar-refractivity contribution in [2.75, 3.05) is 13.2 Å². The predicted molar refractivity (Wildman–Crippen MR) is 109 cm³/mol. The number of rotatable bonds is 9. The molecule has 0 atom stereocenters. The van der Waals surface area contributed by atoms with E-state index >= 15 is 0 Å². The maximum absolute atomic E-state index is 12.1. The van der Waals surface area contributed by atoms with Gasteiger partial charge in [0.15, 0.2) is 0 Å². The van der Waals surface area contributed by atoms with Gasteiger partial charge >= 0.3 is 0 Å². The molecule has 0 bridgehead atoms. The van der Waals surface area contributed by atoms with Crippen LogP contribution in [0.5, 0.6) is 0 Å². The Bertz CT molecular complexity index is 671. The van der Waals surface area contributed by atoms with Gasteiger partial charge in [0.2, 0.25) is 0 Å². The largest absolute Gasteiger partial charge is 0.378 e. The van der Waals surface area contributed by atoms with Crippen molar-refractivity contribution in [3.05, 3.63) is 29.8 Å². The summed E-state index contributed by atoms with van der Waals surface area (Å²) in [5, 5.41) is 0. The summed E-state index contributed by atoms with van der Waals surface area (Å²) in [6.07, 6.45) is 12.3. The standard InChI is InChI=1S/C22H34O5S/c1-18-8-14-22(15-9-18)28(23,24)26-17-5-16-25-19-10-12-21(13-11-19)27-20-6-3-2-4-7-20/h8-9,14-15,19-21H,2-7,10-13,16-17H2,1H3. The van der Waals surface area contributed by atoms with E-state index in [4.69, 9.17) is 13.7 Å². The Balaban J connectivity index is 1.27. The minimum Gasteiger partial charge on any atom is -0.378 e. The van der Waals surface area contributed by atoms with Crippen LogP contribution in [0.1, 0.15) is 69.8 Å². The molecule has 0 aliphatic heterocycles. The lowest BCUT2D eigenvalue weighted by molar-refractivity contribution is -0.0721. The summed E-state index contributed by atoms with van der Waals surface area (Å²) in [4.78, 5) is 0.204. The summed E-state index contributed by atoms with van der Waals surface area (Å²) in [7, 11) is -3.68. The second kappa shape index (κ2) is 10.7. The average molecular weight is 411 g/mol. The maximum atomic E-state index is 12.1. The summed E-state index contributed by atoms with van der Waals surface area (Å²) in [6.45, 7) is 2.60. The third-order valence-electron chi connectivity index (χ3n) is 5.75. The van der Waals surface area contributed by atoms with Crippen LogP contribution in [0.3, 0.4) is 0 Å². The average Bonchev–Trinajstić information content (AvgIpc) is 2.70. The van der Waals surface area contributed by atoms with E-state index in [0.29, 0.717) is 25.2 Å². The molecule has 0 radical (unpaired) electrons. The van der Waals surface area contributed by atoms with E-state index in [1.165, 1.54) is 32.1 Å². The van der Waals surface area contributed by atoms with Crippen molar-refractivity contribution in [2.45, 2.75) is 94.3 Å². The van der Waals surface area contributed by atoms with Crippen molar-refractivity contribution < 1.29 is 22.1 Å². The van der Waals surface area contributed by atoms with Gasteiger partial charge < -0.3 is 9.47 Å². The first kappa shape index (κ1) is 21.8. The van der Waals surface area contributed by atoms with Crippen LogP contribution in [0.15, 0.2) is 29.2 Å². The van der Waals surface area contributed by atoms with Crippen molar-refractivity contribution >= 4 is 10.1 Å². The van der Waals surface area contributed by atoms with Crippen LogP contribution in [-0.2, 0) is 23.8 Å². The molecular weight excluding hydrogens is 376 g/mol. The molecule has 0 saturated heterocycles. The molecule has 1 aromatic rings. The molecule has 2 aliphatic rings. The van der Waals surface area contributed by atoms with E-state index in [2.05, 4.69) is 0 Å². The van der Waals surface area contributed by atoms with Gasteiger partial charge in [0.05, 0.1) is 29.8 Å². The van der Waals surface area contributed by atoms with Gasteiger partial charge in [0, 0.05) is 6.61 Å². The minimum atomic E-state index is -3.68. The fourth-order valence-electron chi connectivity index (χ4n) is 4.06. The van der Waals surface area contributed by atoms with Crippen molar-refractivity contribution in [3.8, 4) is 0 Å². The highest BCUT2D eigenvalue weighted by Crippen LogP contribution is 2.28. The third-order valence-corrected chi connectivity index (χ3v) is 7.08. The molecule has 5 nitrogen and oxygen atoms in total. The first-order valence-corrected chi connectivity index (χ1v) is 12.2. The summed E-state index contributed by atoms with van der Waals surface area (Å²) in [5.41, 5.74) is 1.02. The number of aryl methyl sites for hydroxylation is 1. The molecule has 2 saturated carbocycles. The molecule has 0 aromatic heterocycles. The van der Waals surface area contributed by atoms with Crippen molar-refractivity contribution in [1.82, 2.24) is 0 Å². The van der Waals surface area contributed by atoms with Gasteiger partial charge in [0.1, 0.15) is 0 Å². The molecule has 2 fully saturated rings. The molecule has 0 heterocycles.